The third-order valence-electron chi connectivity index (χ3n) is 6.56. The number of rotatable bonds is 20. The van der Waals surface area contributed by atoms with Crippen molar-refractivity contribution in [3.8, 4) is 23.0 Å². The summed E-state index contributed by atoms with van der Waals surface area (Å²) in [5, 5.41) is 0. The number of unbranched alkanes of at least 4 members (excludes halogenated alkanes) is 6. The molecule has 0 saturated heterocycles. The van der Waals surface area contributed by atoms with Gasteiger partial charge in [-0.1, -0.05) is 76.7 Å². The molecule has 0 aliphatic heterocycles. The van der Waals surface area contributed by atoms with Crippen LogP contribution in [0.4, 0.5) is 0 Å². The highest BCUT2D eigenvalue weighted by molar-refractivity contribution is 6.10. The first-order valence-corrected chi connectivity index (χ1v) is 15.0. The maximum Gasteiger partial charge on any atom is 0.311 e. The summed E-state index contributed by atoms with van der Waals surface area (Å²) >= 11 is 0. The number of methoxy groups -OCH3 is 2. The lowest BCUT2D eigenvalue weighted by Gasteiger charge is -2.10. The van der Waals surface area contributed by atoms with Gasteiger partial charge in [0.25, 0.3) is 0 Å². The van der Waals surface area contributed by atoms with E-state index in [1.54, 1.807) is 48.6 Å². The van der Waals surface area contributed by atoms with Crippen molar-refractivity contribution >= 4 is 35.7 Å². The van der Waals surface area contributed by atoms with Gasteiger partial charge in [-0.05, 0) is 60.4 Å². The van der Waals surface area contributed by atoms with Crippen molar-refractivity contribution in [1.29, 1.82) is 0 Å². The van der Waals surface area contributed by atoms with Crippen LogP contribution in [-0.4, -0.2) is 37.7 Å². The van der Waals surface area contributed by atoms with Crippen LogP contribution in [0.2, 0.25) is 0 Å². The van der Waals surface area contributed by atoms with Crippen LogP contribution < -0.4 is 18.9 Å². The van der Waals surface area contributed by atoms with Gasteiger partial charge in [0.1, 0.15) is 0 Å². The van der Waals surface area contributed by atoms with E-state index in [2.05, 4.69) is 13.8 Å². The number of benzene rings is 2. The van der Waals surface area contributed by atoms with Crippen LogP contribution in [0.1, 0.15) is 95.6 Å². The monoisotopic (exact) mass is 592 g/mol. The van der Waals surface area contributed by atoms with Gasteiger partial charge in [0.05, 0.1) is 20.6 Å². The Kier molecular flexibility index (Phi) is 16.1. The molecule has 0 fully saturated rings. The van der Waals surface area contributed by atoms with Gasteiger partial charge < -0.3 is 18.9 Å². The number of hydrogen-bond acceptors (Lipinski definition) is 8. The highest BCUT2D eigenvalue weighted by Gasteiger charge is 2.12. The first-order chi connectivity index (χ1) is 20.8. The highest BCUT2D eigenvalue weighted by atomic mass is 16.6. The molecule has 0 amide bonds. The van der Waals surface area contributed by atoms with Gasteiger partial charge in [0.15, 0.2) is 34.6 Å². The average Bonchev–Trinajstić information content (AvgIpc) is 3.00. The van der Waals surface area contributed by atoms with Gasteiger partial charge in [0, 0.05) is 12.8 Å². The third kappa shape index (κ3) is 13.5. The molecule has 0 atom stereocenters. The molecule has 2 aromatic rings. The van der Waals surface area contributed by atoms with Crippen molar-refractivity contribution in [2.24, 2.45) is 0 Å². The van der Waals surface area contributed by atoms with E-state index in [0.717, 1.165) is 51.4 Å². The topological polar surface area (TPSA) is 105 Å². The van der Waals surface area contributed by atoms with Crippen LogP contribution in [-0.2, 0) is 19.2 Å². The second-order valence-electron chi connectivity index (χ2n) is 10.2. The third-order valence-corrected chi connectivity index (χ3v) is 6.56. The Bertz CT molecular complexity index is 1180. The van der Waals surface area contributed by atoms with Gasteiger partial charge in [0.2, 0.25) is 0 Å². The summed E-state index contributed by atoms with van der Waals surface area (Å²) < 4.78 is 21.6. The molecule has 2 rings (SSSR count). The minimum Gasteiger partial charge on any atom is -0.493 e. The normalized spacial score (nSPS) is 11.1. The molecule has 0 aliphatic rings. The molecule has 8 nitrogen and oxygen atoms in total. The fourth-order valence-electron chi connectivity index (χ4n) is 4.15. The molecule has 0 saturated carbocycles. The summed E-state index contributed by atoms with van der Waals surface area (Å²) in [5.74, 6) is 0.0206. The summed E-state index contributed by atoms with van der Waals surface area (Å²) in [6, 6.07) is 9.96. The highest BCUT2D eigenvalue weighted by Crippen LogP contribution is 2.30. The largest absolute Gasteiger partial charge is 0.493 e. The molecule has 0 aromatic heterocycles. The number of hydrogen-bond donors (Lipinski definition) is 0. The van der Waals surface area contributed by atoms with Crippen LogP contribution in [0.3, 0.4) is 0 Å². The summed E-state index contributed by atoms with van der Waals surface area (Å²) in [6.07, 6.45) is 14.1. The quantitative estimate of drug-likeness (QED) is 0.0506. The maximum atomic E-state index is 12.4. The summed E-state index contributed by atoms with van der Waals surface area (Å²) in [6.45, 7) is 4.22. The lowest BCUT2D eigenvalue weighted by atomic mass is 10.1. The number of allylic oxidation sites excluding steroid dienone is 2. The van der Waals surface area contributed by atoms with Gasteiger partial charge in [-0.15, -0.1) is 0 Å². The first-order valence-electron chi connectivity index (χ1n) is 15.0. The smallest absolute Gasteiger partial charge is 0.311 e. The summed E-state index contributed by atoms with van der Waals surface area (Å²) in [7, 11) is 2.95. The van der Waals surface area contributed by atoms with Crippen molar-refractivity contribution in [3.05, 3.63) is 59.7 Å². The fraction of sp³-hybridized carbons (Fsp3) is 0.429. The number of carbonyl (C=O) groups excluding carboxylic acids is 4. The van der Waals surface area contributed by atoms with E-state index in [-0.39, 0.29) is 29.9 Å². The van der Waals surface area contributed by atoms with Gasteiger partial charge >= 0.3 is 11.9 Å². The summed E-state index contributed by atoms with van der Waals surface area (Å²) in [5.41, 5.74) is 1.31. The van der Waals surface area contributed by atoms with Crippen LogP contribution in [0.5, 0.6) is 23.0 Å². The first kappa shape index (κ1) is 35.0. The van der Waals surface area contributed by atoms with E-state index < -0.39 is 0 Å². The van der Waals surface area contributed by atoms with E-state index >= 15 is 0 Å². The number of esters is 2. The van der Waals surface area contributed by atoms with Crippen LogP contribution in [0.25, 0.3) is 12.2 Å². The Morgan fingerprint density at radius 2 is 1.00 bits per heavy atom. The minimum atomic E-state index is -0.366. The molecule has 43 heavy (non-hydrogen) atoms. The minimum absolute atomic E-state index is 0.303. The van der Waals surface area contributed by atoms with Crippen LogP contribution >= 0.6 is 0 Å². The molecule has 0 N–H and O–H groups in total. The van der Waals surface area contributed by atoms with Crippen molar-refractivity contribution < 1.29 is 38.1 Å². The lowest BCUT2D eigenvalue weighted by Crippen LogP contribution is -2.08. The molecule has 0 radical (unpaired) electrons. The molecule has 0 bridgehead atoms. The second kappa shape index (κ2) is 19.8. The van der Waals surface area contributed by atoms with Crippen molar-refractivity contribution in [2.75, 3.05) is 14.2 Å². The molecule has 0 heterocycles. The fourth-order valence-corrected chi connectivity index (χ4v) is 4.15. The SMILES string of the molecule is CCCCCCC(=O)Oc1ccc(/C=C/C(=O)CC(=O)/C=C/c2ccc(OC(=O)CCCCCC)c(OC)c2)cc1OC. The Morgan fingerprint density at radius 1 is 0.581 bits per heavy atom. The zero-order valence-corrected chi connectivity index (χ0v) is 25.8. The predicted octanol–water partition coefficient (Wildman–Crippen LogP) is 7.71. The average molecular weight is 593 g/mol. The van der Waals surface area contributed by atoms with E-state index in [4.69, 9.17) is 18.9 Å². The van der Waals surface area contributed by atoms with Crippen molar-refractivity contribution in [2.45, 2.75) is 84.5 Å². The molecular formula is C35H44O8. The Labute approximate surface area is 255 Å². The Balaban J connectivity index is 1.90. The maximum absolute atomic E-state index is 12.4. The number of carbonyl (C=O) groups is 4. The lowest BCUT2D eigenvalue weighted by molar-refractivity contribution is -0.135. The molecule has 8 heteroatoms. The van der Waals surface area contributed by atoms with Gasteiger partial charge in [-0.2, -0.15) is 0 Å². The van der Waals surface area contributed by atoms with Crippen molar-refractivity contribution in [3.63, 3.8) is 0 Å². The number of ketones is 2. The Morgan fingerprint density at radius 3 is 1.37 bits per heavy atom. The molecule has 0 unspecified atom stereocenters. The van der Waals surface area contributed by atoms with Gasteiger partial charge in [-0.3, -0.25) is 19.2 Å². The van der Waals surface area contributed by atoms with Crippen LogP contribution in [0, 0.1) is 0 Å². The Hall–Kier alpha value is -4.20. The molecule has 2 aromatic carbocycles. The predicted molar refractivity (Wildman–Crippen MR) is 167 cm³/mol. The number of ether oxygens (including phenoxy) is 4. The standard InChI is InChI=1S/C35H44O8/c1-5-7-9-11-13-34(38)42-30-21-17-26(23-32(30)40-3)15-19-28(36)25-29(37)20-16-27-18-22-31(33(24-27)41-4)43-35(39)14-12-10-8-6-2/h15-24H,5-14,25H2,1-4H3/b19-15+,20-16+. The van der Waals surface area contributed by atoms with E-state index in [1.807, 2.05) is 0 Å². The van der Waals surface area contributed by atoms with E-state index in [9.17, 15) is 19.2 Å². The second-order valence-corrected chi connectivity index (χ2v) is 10.2. The molecule has 232 valence electrons. The zero-order valence-electron chi connectivity index (χ0n) is 25.8. The van der Waals surface area contributed by atoms with Gasteiger partial charge in [-0.25, -0.2) is 0 Å². The van der Waals surface area contributed by atoms with E-state index in [1.165, 1.54) is 26.4 Å². The van der Waals surface area contributed by atoms with Crippen LogP contribution in [0.15, 0.2) is 48.6 Å². The zero-order chi connectivity index (χ0) is 31.5. The van der Waals surface area contributed by atoms with E-state index in [0.29, 0.717) is 47.0 Å². The molecule has 0 aliphatic carbocycles. The van der Waals surface area contributed by atoms with Crippen molar-refractivity contribution in [1.82, 2.24) is 0 Å². The molecule has 0 spiro atoms. The molecular weight excluding hydrogens is 548 g/mol. The summed E-state index contributed by atoms with van der Waals surface area (Å²) in [4.78, 5) is 49.1.